The number of nitrogens with two attached hydrogens (primary N) is 2. The van der Waals surface area contributed by atoms with Crippen molar-refractivity contribution in [3.8, 4) is 0 Å². The van der Waals surface area contributed by atoms with Crippen LogP contribution in [0.4, 0.5) is 0 Å². The standard InChI is InChI=1S/C13H20N2OS/c1-3-10(2)17-9-13(15,12(14)16)11-7-5-4-6-8-11/h4-8,10H,3,9,15H2,1-2H3,(H2,14,16). The highest BCUT2D eigenvalue weighted by atomic mass is 32.2. The first-order valence-electron chi connectivity index (χ1n) is 5.76. The first-order valence-corrected chi connectivity index (χ1v) is 6.81. The molecule has 1 rings (SSSR count). The maximum atomic E-state index is 11.6. The van der Waals surface area contributed by atoms with E-state index in [0.29, 0.717) is 11.0 Å². The van der Waals surface area contributed by atoms with Crippen LogP contribution in [0, 0.1) is 0 Å². The Labute approximate surface area is 107 Å². The molecule has 1 aromatic carbocycles. The molecule has 0 aliphatic rings. The SMILES string of the molecule is CCC(C)SCC(N)(C(N)=O)c1ccccc1. The minimum atomic E-state index is -1.07. The second-order valence-corrected chi connectivity index (χ2v) is 5.66. The lowest BCUT2D eigenvalue weighted by Gasteiger charge is -2.27. The number of rotatable bonds is 6. The van der Waals surface area contributed by atoms with E-state index in [4.69, 9.17) is 11.5 Å². The summed E-state index contributed by atoms with van der Waals surface area (Å²) in [6.45, 7) is 4.24. The van der Waals surface area contributed by atoms with Crippen LogP contribution in [0.3, 0.4) is 0 Å². The van der Waals surface area contributed by atoms with Crippen molar-refractivity contribution in [1.82, 2.24) is 0 Å². The fourth-order valence-corrected chi connectivity index (χ4v) is 2.52. The van der Waals surface area contributed by atoms with E-state index in [1.807, 2.05) is 30.3 Å². The third-order valence-electron chi connectivity index (χ3n) is 2.90. The molecule has 2 atom stereocenters. The molecule has 1 aromatic rings. The van der Waals surface area contributed by atoms with Crippen LogP contribution in [0.15, 0.2) is 30.3 Å². The van der Waals surface area contributed by atoms with Crippen molar-refractivity contribution >= 4 is 17.7 Å². The monoisotopic (exact) mass is 252 g/mol. The van der Waals surface area contributed by atoms with Crippen molar-refractivity contribution in [2.24, 2.45) is 11.5 Å². The molecule has 1 amide bonds. The predicted molar refractivity (Wildman–Crippen MR) is 73.7 cm³/mol. The second-order valence-electron chi connectivity index (χ2n) is 4.23. The van der Waals surface area contributed by atoms with Crippen molar-refractivity contribution in [3.05, 3.63) is 35.9 Å². The Hall–Kier alpha value is -1.00. The van der Waals surface area contributed by atoms with Gasteiger partial charge in [0.2, 0.25) is 5.91 Å². The highest BCUT2D eigenvalue weighted by Gasteiger charge is 2.34. The van der Waals surface area contributed by atoms with Crippen molar-refractivity contribution in [3.63, 3.8) is 0 Å². The van der Waals surface area contributed by atoms with Crippen LogP contribution in [0.1, 0.15) is 25.8 Å². The lowest BCUT2D eigenvalue weighted by atomic mass is 9.92. The third kappa shape index (κ3) is 3.48. The second kappa shape index (κ2) is 6.07. The van der Waals surface area contributed by atoms with Crippen LogP contribution in [0.2, 0.25) is 0 Å². The largest absolute Gasteiger partial charge is 0.368 e. The molecular formula is C13H20N2OS. The van der Waals surface area contributed by atoms with E-state index in [9.17, 15) is 4.79 Å². The van der Waals surface area contributed by atoms with Crippen LogP contribution in [-0.2, 0) is 10.3 Å². The van der Waals surface area contributed by atoms with Crippen LogP contribution < -0.4 is 11.5 Å². The molecule has 0 aliphatic heterocycles. The molecule has 0 heterocycles. The average molecular weight is 252 g/mol. The number of hydrogen-bond acceptors (Lipinski definition) is 3. The first-order chi connectivity index (χ1) is 8.00. The highest BCUT2D eigenvalue weighted by Crippen LogP contribution is 2.26. The maximum Gasteiger partial charge on any atom is 0.242 e. The molecule has 2 unspecified atom stereocenters. The Morgan fingerprint density at radius 1 is 1.41 bits per heavy atom. The molecule has 4 N–H and O–H groups in total. The predicted octanol–water partition coefficient (Wildman–Crippen LogP) is 1.86. The number of primary amides is 1. The molecule has 0 aliphatic carbocycles. The fraction of sp³-hybridized carbons (Fsp3) is 0.462. The maximum absolute atomic E-state index is 11.6. The quantitative estimate of drug-likeness (QED) is 0.812. The number of amides is 1. The summed E-state index contributed by atoms with van der Waals surface area (Å²) >= 11 is 1.68. The highest BCUT2D eigenvalue weighted by molar-refractivity contribution is 7.99. The van der Waals surface area contributed by atoms with Crippen molar-refractivity contribution in [2.75, 3.05) is 5.75 Å². The van der Waals surface area contributed by atoms with Gasteiger partial charge in [0.15, 0.2) is 0 Å². The van der Waals surface area contributed by atoms with Gasteiger partial charge in [0.05, 0.1) is 0 Å². The Morgan fingerprint density at radius 3 is 2.47 bits per heavy atom. The minimum Gasteiger partial charge on any atom is -0.368 e. The van der Waals surface area contributed by atoms with Gasteiger partial charge >= 0.3 is 0 Å². The number of hydrogen-bond donors (Lipinski definition) is 2. The Bertz CT molecular complexity index is 369. The molecule has 0 fully saturated rings. The van der Waals surface area contributed by atoms with E-state index in [1.54, 1.807) is 11.8 Å². The number of benzene rings is 1. The van der Waals surface area contributed by atoms with E-state index in [-0.39, 0.29) is 0 Å². The van der Waals surface area contributed by atoms with Crippen molar-refractivity contribution < 1.29 is 4.79 Å². The topological polar surface area (TPSA) is 69.1 Å². The summed E-state index contributed by atoms with van der Waals surface area (Å²) < 4.78 is 0. The molecule has 17 heavy (non-hydrogen) atoms. The Kier molecular flexibility index (Phi) is 5.02. The molecule has 0 aromatic heterocycles. The molecule has 0 radical (unpaired) electrons. The van der Waals surface area contributed by atoms with Gasteiger partial charge in [0.1, 0.15) is 5.54 Å². The average Bonchev–Trinajstić information content (AvgIpc) is 2.36. The van der Waals surface area contributed by atoms with Gasteiger partial charge in [-0.05, 0) is 12.0 Å². The van der Waals surface area contributed by atoms with Gasteiger partial charge in [0.25, 0.3) is 0 Å². The molecular weight excluding hydrogens is 232 g/mol. The summed E-state index contributed by atoms with van der Waals surface area (Å²) in [6, 6.07) is 9.33. The van der Waals surface area contributed by atoms with E-state index >= 15 is 0 Å². The van der Waals surface area contributed by atoms with Crippen molar-refractivity contribution in [2.45, 2.75) is 31.1 Å². The van der Waals surface area contributed by atoms with Gasteiger partial charge in [-0.1, -0.05) is 44.2 Å². The van der Waals surface area contributed by atoms with Crippen LogP contribution >= 0.6 is 11.8 Å². The lowest BCUT2D eigenvalue weighted by Crippen LogP contribution is -2.51. The van der Waals surface area contributed by atoms with Crippen LogP contribution in [0.5, 0.6) is 0 Å². The summed E-state index contributed by atoms with van der Waals surface area (Å²) in [5.41, 5.74) is 11.3. The van der Waals surface area contributed by atoms with E-state index in [2.05, 4.69) is 13.8 Å². The number of thioether (sulfide) groups is 1. The zero-order valence-electron chi connectivity index (χ0n) is 10.3. The molecule has 0 bridgehead atoms. The Morgan fingerprint density at radius 2 is 2.00 bits per heavy atom. The van der Waals surface area contributed by atoms with Crippen molar-refractivity contribution in [1.29, 1.82) is 0 Å². The normalized spacial score (nSPS) is 16.2. The van der Waals surface area contributed by atoms with Gasteiger partial charge in [-0.25, -0.2) is 0 Å². The summed E-state index contributed by atoms with van der Waals surface area (Å²) in [5.74, 6) is 0.0425. The summed E-state index contributed by atoms with van der Waals surface area (Å²) in [7, 11) is 0. The minimum absolute atomic E-state index is 0.473. The zero-order valence-corrected chi connectivity index (χ0v) is 11.2. The molecule has 0 spiro atoms. The smallest absolute Gasteiger partial charge is 0.242 e. The van der Waals surface area contributed by atoms with Crippen LogP contribution in [0.25, 0.3) is 0 Å². The van der Waals surface area contributed by atoms with Gasteiger partial charge in [0, 0.05) is 11.0 Å². The van der Waals surface area contributed by atoms with Gasteiger partial charge in [-0.15, -0.1) is 0 Å². The van der Waals surface area contributed by atoms with E-state index < -0.39 is 11.4 Å². The zero-order chi connectivity index (χ0) is 12.9. The molecule has 94 valence electrons. The summed E-state index contributed by atoms with van der Waals surface area (Å²) in [4.78, 5) is 11.6. The van der Waals surface area contributed by atoms with E-state index in [1.165, 1.54) is 0 Å². The summed E-state index contributed by atoms with van der Waals surface area (Å²) in [5, 5.41) is 0.473. The fourth-order valence-electron chi connectivity index (χ4n) is 1.42. The van der Waals surface area contributed by atoms with Crippen LogP contribution in [-0.4, -0.2) is 16.9 Å². The van der Waals surface area contributed by atoms with Gasteiger partial charge in [-0.2, -0.15) is 11.8 Å². The molecule has 0 saturated heterocycles. The number of carbonyl (C=O) groups is 1. The van der Waals surface area contributed by atoms with Gasteiger partial charge in [-0.3, -0.25) is 4.79 Å². The first kappa shape index (κ1) is 14.1. The molecule has 0 saturated carbocycles. The third-order valence-corrected chi connectivity index (χ3v) is 4.42. The number of carbonyl (C=O) groups excluding carboxylic acids is 1. The van der Waals surface area contributed by atoms with Gasteiger partial charge < -0.3 is 11.5 Å². The van der Waals surface area contributed by atoms with E-state index in [0.717, 1.165) is 12.0 Å². The molecule has 3 nitrogen and oxygen atoms in total. The summed E-state index contributed by atoms with van der Waals surface area (Å²) in [6.07, 6.45) is 1.05. The lowest BCUT2D eigenvalue weighted by molar-refractivity contribution is -0.122. The molecule has 4 heteroatoms. The Balaban J connectivity index is 2.87.